The number of H-pyrrole nitrogens is 1. The number of fused-ring (bicyclic) bond motifs is 1. The van der Waals surface area contributed by atoms with Gasteiger partial charge in [0.05, 0.1) is 30.3 Å². The number of anilines is 1. The van der Waals surface area contributed by atoms with Crippen LogP contribution in [0.1, 0.15) is 40.4 Å². The van der Waals surface area contributed by atoms with Crippen molar-refractivity contribution in [2.24, 2.45) is 0 Å². The normalized spacial score (nSPS) is 19.3. The van der Waals surface area contributed by atoms with Gasteiger partial charge in [0.15, 0.2) is 0 Å². The molecule has 0 unspecified atom stereocenters. The van der Waals surface area contributed by atoms with Crippen molar-refractivity contribution in [3.63, 3.8) is 0 Å². The molecular formula is C24H26F3N3O4. The number of alkyl halides is 3. The van der Waals surface area contributed by atoms with E-state index in [-0.39, 0.29) is 11.6 Å². The second-order valence-electron chi connectivity index (χ2n) is 8.36. The summed E-state index contributed by atoms with van der Waals surface area (Å²) >= 11 is 0. The number of carboxylic acid groups (broad SMARTS) is 1. The summed E-state index contributed by atoms with van der Waals surface area (Å²) in [5.41, 5.74) is 7.05. The molecule has 1 aliphatic rings. The number of nitrogens with zero attached hydrogens (tertiary/aromatic N) is 1. The molecule has 0 saturated carbocycles. The van der Waals surface area contributed by atoms with E-state index in [9.17, 15) is 23.1 Å². The Morgan fingerprint density at radius 1 is 1.26 bits per heavy atom. The lowest BCUT2D eigenvalue weighted by Gasteiger charge is -2.40. The summed E-state index contributed by atoms with van der Waals surface area (Å²) in [6, 6.07) is 9.86. The summed E-state index contributed by atoms with van der Waals surface area (Å²) in [5, 5.41) is 12.1. The molecule has 7 nitrogen and oxygen atoms in total. The number of aromatic carboxylic acids is 1. The molecule has 182 valence electrons. The van der Waals surface area contributed by atoms with Gasteiger partial charge < -0.3 is 25.0 Å². The molecule has 34 heavy (non-hydrogen) atoms. The molecule has 1 fully saturated rings. The van der Waals surface area contributed by atoms with Crippen LogP contribution >= 0.6 is 0 Å². The Bertz CT molecular complexity index is 1160. The topological polar surface area (TPSA) is 86.8 Å². The van der Waals surface area contributed by atoms with Crippen LogP contribution in [0.2, 0.25) is 0 Å². The second kappa shape index (κ2) is 9.55. The third-order valence-electron chi connectivity index (χ3n) is 6.06. The van der Waals surface area contributed by atoms with E-state index in [0.717, 1.165) is 27.7 Å². The van der Waals surface area contributed by atoms with Gasteiger partial charge in [-0.1, -0.05) is 12.1 Å². The number of hydrogen-bond donors (Lipinski definition) is 3. The number of aryl methyl sites for hydroxylation is 1. The van der Waals surface area contributed by atoms with Crippen molar-refractivity contribution in [1.82, 2.24) is 9.99 Å². The summed E-state index contributed by atoms with van der Waals surface area (Å²) in [4.78, 5) is 14.5. The van der Waals surface area contributed by atoms with Crippen molar-refractivity contribution in [3.8, 4) is 5.75 Å². The SMILES string of the molecule is COc1cc(C)c2[nH]ccc2c1NN1CC[C@@H](OCC(F)(F)F)C[C@H]1c1ccc(C(=O)O)cc1. The molecule has 2 heterocycles. The van der Waals surface area contributed by atoms with Crippen LogP contribution in [0.3, 0.4) is 0 Å². The van der Waals surface area contributed by atoms with Crippen LogP contribution in [0, 0.1) is 6.92 Å². The monoisotopic (exact) mass is 477 g/mol. The highest BCUT2D eigenvalue weighted by Crippen LogP contribution is 2.39. The maximum atomic E-state index is 12.7. The van der Waals surface area contributed by atoms with Crippen LogP contribution in [0.5, 0.6) is 5.75 Å². The molecule has 2 atom stereocenters. The summed E-state index contributed by atoms with van der Waals surface area (Å²) < 4.78 is 49.0. The lowest BCUT2D eigenvalue weighted by Crippen LogP contribution is -2.43. The van der Waals surface area contributed by atoms with Crippen molar-refractivity contribution in [3.05, 3.63) is 59.3 Å². The predicted octanol–water partition coefficient (Wildman–Crippen LogP) is 5.29. The first kappa shape index (κ1) is 23.9. The van der Waals surface area contributed by atoms with E-state index in [2.05, 4.69) is 10.4 Å². The number of aromatic nitrogens is 1. The summed E-state index contributed by atoms with van der Waals surface area (Å²) in [5.74, 6) is -0.407. The smallest absolute Gasteiger partial charge is 0.411 e. The Morgan fingerprint density at radius 2 is 2.00 bits per heavy atom. The van der Waals surface area contributed by atoms with E-state index in [0.29, 0.717) is 25.1 Å². The van der Waals surface area contributed by atoms with Gasteiger partial charge in [-0.25, -0.2) is 9.80 Å². The minimum atomic E-state index is -4.40. The lowest BCUT2D eigenvalue weighted by molar-refractivity contribution is -0.190. The maximum Gasteiger partial charge on any atom is 0.411 e. The van der Waals surface area contributed by atoms with Gasteiger partial charge in [-0.15, -0.1) is 0 Å². The Hall–Kier alpha value is -3.24. The fraction of sp³-hybridized carbons (Fsp3) is 0.375. The third-order valence-corrected chi connectivity index (χ3v) is 6.06. The van der Waals surface area contributed by atoms with E-state index in [1.807, 2.05) is 30.3 Å². The number of carboxylic acids is 1. The van der Waals surface area contributed by atoms with Crippen LogP contribution in [0.25, 0.3) is 10.9 Å². The van der Waals surface area contributed by atoms with Gasteiger partial charge in [0.1, 0.15) is 18.0 Å². The van der Waals surface area contributed by atoms with E-state index >= 15 is 0 Å². The number of rotatable bonds is 7. The van der Waals surface area contributed by atoms with Gasteiger partial charge in [-0.3, -0.25) is 0 Å². The highest BCUT2D eigenvalue weighted by atomic mass is 19.4. The van der Waals surface area contributed by atoms with Crippen molar-refractivity contribution in [2.45, 2.75) is 38.1 Å². The van der Waals surface area contributed by atoms with Gasteiger partial charge in [0.25, 0.3) is 0 Å². The molecule has 3 aromatic rings. The van der Waals surface area contributed by atoms with Crippen molar-refractivity contribution in [2.75, 3.05) is 25.7 Å². The number of methoxy groups -OCH3 is 1. The number of aromatic amines is 1. The number of halogens is 3. The molecule has 0 aliphatic carbocycles. The molecule has 10 heteroatoms. The molecule has 0 bridgehead atoms. The molecule has 1 aromatic heterocycles. The van der Waals surface area contributed by atoms with Gasteiger partial charge in [0, 0.05) is 18.1 Å². The van der Waals surface area contributed by atoms with Crippen LogP contribution in [-0.4, -0.2) is 53.6 Å². The van der Waals surface area contributed by atoms with Crippen molar-refractivity contribution >= 4 is 22.6 Å². The van der Waals surface area contributed by atoms with Gasteiger partial charge in [0.2, 0.25) is 0 Å². The maximum absolute atomic E-state index is 12.7. The Labute approximate surface area is 194 Å². The first-order valence-electron chi connectivity index (χ1n) is 10.9. The lowest BCUT2D eigenvalue weighted by atomic mass is 9.94. The molecule has 2 aromatic carbocycles. The van der Waals surface area contributed by atoms with Crippen LogP contribution in [0.4, 0.5) is 18.9 Å². The number of carbonyl (C=O) groups is 1. The summed E-state index contributed by atoms with van der Waals surface area (Å²) in [6.45, 7) is 1.09. The number of nitrogens with one attached hydrogen (secondary N) is 2. The fourth-order valence-electron chi connectivity index (χ4n) is 4.39. The minimum absolute atomic E-state index is 0.137. The molecule has 1 saturated heterocycles. The van der Waals surface area contributed by atoms with Crippen LogP contribution < -0.4 is 10.2 Å². The zero-order valence-corrected chi connectivity index (χ0v) is 18.8. The van der Waals surface area contributed by atoms with Crippen LogP contribution in [-0.2, 0) is 4.74 Å². The molecule has 3 N–H and O–H groups in total. The number of hydrazine groups is 1. The number of benzene rings is 2. The summed E-state index contributed by atoms with van der Waals surface area (Å²) in [6.07, 6.45) is -2.45. The standard InChI is InChI=1S/C24H26F3N3O4/c1-14-11-20(33-2)22(18-7-9-28-21(14)18)29-30-10-8-17(34-13-24(25,26)27)12-19(30)15-3-5-16(6-4-15)23(31)32/h3-7,9,11,17,19,28-29H,8,10,12-13H2,1-2H3,(H,31,32)/t17-,19+/m1/s1. The molecule has 0 amide bonds. The number of ether oxygens (including phenoxy) is 2. The highest BCUT2D eigenvalue weighted by Gasteiger charge is 2.35. The average molecular weight is 477 g/mol. The molecule has 1 aliphatic heterocycles. The second-order valence-corrected chi connectivity index (χ2v) is 8.36. The zero-order chi connectivity index (χ0) is 24.5. The van der Waals surface area contributed by atoms with Crippen molar-refractivity contribution < 1.29 is 32.5 Å². The molecule has 4 rings (SSSR count). The van der Waals surface area contributed by atoms with E-state index in [4.69, 9.17) is 9.47 Å². The first-order chi connectivity index (χ1) is 16.2. The molecular weight excluding hydrogens is 451 g/mol. The summed E-state index contributed by atoms with van der Waals surface area (Å²) in [7, 11) is 1.58. The molecule has 0 radical (unpaired) electrons. The number of hydrogen-bond acceptors (Lipinski definition) is 5. The highest BCUT2D eigenvalue weighted by molar-refractivity contribution is 5.97. The van der Waals surface area contributed by atoms with E-state index < -0.39 is 24.9 Å². The Morgan fingerprint density at radius 3 is 2.65 bits per heavy atom. The van der Waals surface area contributed by atoms with Gasteiger partial charge >= 0.3 is 12.1 Å². The zero-order valence-electron chi connectivity index (χ0n) is 18.8. The van der Waals surface area contributed by atoms with E-state index in [1.165, 1.54) is 12.1 Å². The van der Waals surface area contributed by atoms with Crippen LogP contribution in [0.15, 0.2) is 42.6 Å². The average Bonchev–Trinajstić information content (AvgIpc) is 3.30. The van der Waals surface area contributed by atoms with Gasteiger partial charge in [-0.2, -0.15) is 13.2 Å². The third kappa shape index (κ3) is 5.13. The quantitative estimate of drug-likeness (QED) is 0.429. The minimum Gasteiger partial charge on any atom is -0.495 e. The number of piperidine rings is 1. The predicted molar refractivity (Wildman–Crippen MR) is 121 cm³/mol. The fourth-order valence-corrected chi connectivity index (χ4v) is 4.39. The largest absolute Gasteiger partial charge is 0.495 e. The van der Waals surface area contributed by atoms with Gasteiger partial charge in [-0.05, 0) is 55.2 Å². The van der Waals surface area contributed by atoms with E-state index in [1.54, 1.807) is 19.2 Å². The Kier molecular flexibility index (Phi) is 6.72. The first-order valence-corrected chi connectivity index (χ1v) is 10.9. The van der Waals surface area contributed by atoms with Crippen molar-refractivity contribution in [1.29, 1.82) is 0 Å². The molecule has 0 spiro atoms. The Balaban J connectivity index is 1.65.